The predicted molar refractivity (Wildman–Crippen MR) is 107 cm³/mol. The number of sulfonamides is 1. The molecule has 26 heavy (non-hydrogen) atoms. The van der Waals surface area contributed by atoms with Gasteiger partial charge in [0.2, 0.25) is 10.0 Å². The second-order valence-electron chi connectivity index (χ2n) is 6.26. The van der Waals surface area contributed by atoms with Crippen molar-refractivity contribution in [3.05, 3.63) is 23.8 Å². The van der Waals surface area contributed by atoms with Gasteiger partial charge in [-0.25, -0.2) is 13.2 Å². The molecule has 0 aliphatic carbocycles. The summed E-state index contributed by atoms with van der Waals surface area (Å²) in [5.74, 6) is 1.28. The van der Waals surface area contributed by atoms with Gasteiger partial charge < -0.3 is 9.47 Å². The van der Waals surface area contributed by atoms with Crippen molar-refractivity contribution in [2.45, 2.75) is 58.3 Å². The van der Waals surface area contributed by atoms with Gasteiger partial charge in [-0.2, -0.15) is 5.10 Å². The molecule has 7 heteroatoms. The molecule has 0 bridgehead atoms. The maximum Gasteiger partial charge on any atom is 0.247 e. The van der Waals surface area contributed by atoms with Crippen LogP contribution in [0.3, 0.4) is 0 Å². The highest BCUT2D eigenvalue weighted by atomic mass is 32.2. The standard InChI is InChI=1S/C19H32N2O4S/c1-4-5-6-7-8-9-10-11-14-26(22,23)21-20-16-17-12-13-18(24-2)19(15-17)25-3/h12-13,15-16,21H,4-11,14H2,1-3H3/b20-16-. The molecule has 1 N–H and O–H groups in total. The highest BCUT2D eigenvalue weighted by molar-refractivity contribution is 7.89. The molecule has 0 aromatic heterocycles. The summed E-state index contributed by atoms with van der Waals surface area (Å²) >= 11 is 0. The number of nitrogens with zero attached hydrogens (tertiary/aromatic N) is 1. The maximum atomic E-state index is 11.9. The number of hydrogen-bond acceptors (Lipinski definition) is 5. The lowest BCUT2D eigenvalue weighted by Crippen LogP contribution is -2.21. The molecule has 0 unspecified atom stereocenters. The van der Waals surface area contributed by atoms with Crippen LogP contribution in [0.5, 0.6) is 11.5 Å². The van der Waals surface area contributed by atoms with Gasteiger partial charge in [-0.05, 0) is 30.2 Å². The van der Waals surface area contributed by atoms with Gasteiger partial charge in [0, 0.05) is 0 Å². The first-order chi connectivity index (χ1) is 12.5. The van der Waals surface area contributed by atoms with Crippen molar-refractivity contribution in [1.29, 1.82) is 0 Å². The van der Waals surface area contributed by atoms with Crippen LogP contribution in [-0.2, 0) is 10.0 Å². The van der Waals surface area contributed by atoms with Crippen LogP contribution in [0.4, 0.5) is 0 Å². The van der Waals surface area contributed by atoms with Gasteiger partial charge in [-0.3, -0.25) is 0 Å². The minimum Gasteiger partial charge on any atom is -0.493 e. The number of benzene rings is 1. The highest BCUT2D eigenvalue weighted by Gasteiger charge is 2.08. The van der Waals surface area contributed by atoms with E-state index < -0.39 is 10.0 Å². The Bertz CT molecular complexity index is 645. The van der Waals surface area contributed by atoms with Crippen LogP contribution >= 0.6 is 0 Å². The van der Waals surface area contributed by atoms with E-state index in [4.69, 9.17) is 9.47 Å². The molecule has 0 saturated carbocycles. The number of ether oxygens (including phenoxy) is 2. The van der Waals surface area contributed by atoms with E-state index in [0.717, 1.165) is 18.4 Å². The van der Waals surface area contributed by atoms with Gasteiger partial charge in [0.25, 0.3) is 0 Å². The molecule has 0 aliphatic heterocycles. The summed E-state index contributed by atoms with van der Waals surface area (Å²) in [6.45, 7) is 2.20. The Labute approximate surface area is 158 Å². The Hall–Kier alpha value is -1.76. The summed E-state index contributed by atoms with van der Waals surface area (Å²) < 4.78 is 34.3. The van der Waals surface area contributed by atoms with Crippen LogP contribution in [-0.4, -0.2) is 34.6 Å². The molecule has 1 rings (SSSR count). The Kier molecular flexibility index (Phi) is 10.8. The smallest absolute Gasteiger partial charge is 0.247 e. The van der Waals surface area contributed by atoms with E-state index in [1.54, 1.807) is 32.4 Å². The van der Waals surface area contributed by atoms with E-state index in [9.17, 15) is 8.42 Å². The molecular formula is C19H32N2O4S. The van der Waals surface area contributed by atoms with Crippen LogP contribution in [0.1, 0.15) is 63.9 Å². The second kappa shape index (κ2) is 12.6. The zero-order valence-corrected chi connectivity index (χ0v) is 17.0. The summed E-state index contributed by atoms with van der Waals surface area (Å²) in [4.78, 5) is 2.26. The molecule has 6 nitrogen and oxygen atoms in total. The largest absolute Gasteiger partial charge is 0.493 e. The first-order valence-corrected chi connectivity index (χ1v) is 10.9. The Morgan fingerprint density at radius 2 is 1.58 bits per heavy atom. The van der Waals surface area contributed by atoms with Crippen molar-refractivity contribution in [2.24, 2.45) is 5.10 Å². The van der Waals surface area contributed by atoms with Gasteiger partial charge in [-0.15, -0.1) is 0 Å². The molecule has 0 atom stereocenters. The zero-order valence-electron chi connectivity index (χ0n) is 16.2. The van der Waals surface area contributed by atoms with E-state index in [0.29, 0.717) is 17.9 Å². The van der Waals surface area contributed by atoms with Crippen LogP contribution in [0.2, 0.25) is 0 Å². The quantitative estimate of drug-likeness (QED) is 0.298. The van der Waals surface area contributed by atoms with Crippen molar-refractivity contribution in [3.63, 3.8) is 0 Å². The molecule has 148 valence electrons. The summed E-state index contributed by atoms with van der Waals surface area (Å²) in [5, 5.41) is 3.83. The topological polar surface area (TPSA) is 77.0 Å². The molecule has 0 amide bonds. The third-order valence-corrected chi connectivity index (χ3v) is 5.29. The van der Waals surface area contributed by atoms with Crippen molar-refractivity contribution in [2.75, 3.05) is 20.0 Å². The number of rotatable bonds is 14. The normalized spacial score (nSPS) is 11.7. The second-order valence-corrected chi connectivity index (χ2v) is 8.08. The van der Waals surface area contributed by atoms with Gasteiger partial charge in [-0.1, -0.05) is 51.9 Å². The number of unbranched alkanes of at least 4 members (excludes halogenated alkanes) is 7. The van der Waals surface area contributed by atoms with E-state index in [1.807, 2.05) is 0 Å². The molecule has 0 aliphatic rings. The van der Waals surface area contributed by atoms with E-state index in [2.05, 4.69) is 16.9 Å². The van der Waals surface area contributed by atoms with E-state index in [1.165, 1.54) is 38.3 Å². The van der Waals surface area contributed by atoms with E-state index >= 15 is 0 Å². The average molecular weight is 385 g/mol. The Morgan fingerprint density at radius 1 is 0.962 bits per heavy atom. The van der Waals surface area contributed by atoms with Gasteiger partial charge in [0.15, 0.2) is 11.5 Å². The number of hydrazone groups is 1. The van der Waals surface area contributed by atoms with Gasteiger partial charge >= 0.3 is 0 Å². The van der Waals surface area contributed by atoms with Crippen molar-refractivity contribution >= 4 is 16.2 Å². The average Bonchev–Trinajstić information content (AvgIpc) is 2.63. The summed E-state index contributed by atoms with van der Waals surface area (Å²) in [6, 6.07) is 5.25. The number of hydrogen-bond donors (Lipinski definition) is 1. The lowest BCUT2D eigenvalue weighted by Gasteiger charge is -2.07. The summed E-state index contributed by atoms with van der Waals surface area (Å²) in [7, 11) is -0.278. The van der Waals surface area contributed by atoms with Crippen LogP contribution in [0.25, 0.3) is 0 Å². The van der Waals surface area contributed by atoms with Crippen molar-refractivity contribution < 1.29 is 17.9 Å². The molecule has 0 spiro atoms. The lowest BCUT2D eigenvalue weighted by molar-refractivity contribution is 0.355. The maximum absolute atomic E-state index is 11.9. The molecule has 0 saturated heterocycles. The Balaban J connectivity index is 2.33. The minimum atomic E-state index is -3.39. The van der Waals surface area contributed by atoms with Crippen molar-refractivity contribution in [1.82, 2.24) is 4.83 Å². The first-order valence-electron chi connectivity index (χ1n) is 9.27. The summed E-state index contributed by atoms with van der Waals surface area (Å²) in [5.41, 5.74) is 0.720. The fourth-order valence-electron chi connectivity index (χ4n) is 2.59. The molecule has 0 radical (unpaired) electrons. The third-order valence-electron chi connectivity index (χ3n) is 4.08. The zero-order chi connectivity index (χ0) is 19.3. The molecule has 1 aromatic rings. The van der Waals surface area contributed by atoms with Gasteiger partial charge in [0.1, 0.15) is 0 Å². The third kappa shape index (κ3) is 9.08. The molecule has 0 fully saturated rings. The first kappa shape index (κ1) is 22.3. The summed E-state index contributed by atoms with van der Waals surface area (Å²) in [6.07, 6.45) is 10.4. The SMILES string of the molecule is CCCCCCCCCCS(=O)(=O)N/N=C\c1ccc(OC)c(OC)c1. The minimum absolute atomic E-state index is 0.102. The van der Waals surface area contributed by atoms with Crippen LogP contribution in [0, 0.1) is 0 Å². The number of methoxy groups -OCH3 is 2. The predicted octanol–water partition coefficient (Wildman–Crippen LogP) is 4.10. The molecular weight excluding hydrogens is 352 g/mol. The van der Waals surface area contributed by atoms with Crippen LogP contribution < -0.4 is 14.3 Å². The highest BCUT2D eigenvalue weighted by Crippen LogP contribution is 2.26. The fraction of sp³-hybridized carbons (Fsp3) is 0.632. The van der Waals surface area contributed by atoms with Crippen LogP contribution in [0.15, 0.2) is 23.3 Å². The molecule has 1 aromatic carbocycles. The van der Waals surface area contributed by atoms with Gasteiger partial charge in [0.05, 0.1) is 26.2 Å². The lowest BCUT2D eigenvalue weighted by atomic mass is 10.1. The monoisotopic (exact) mass is 384 g/mol. The molecule has 0 heterocycles. The fourth-order valence-corrected chi connectivity index (χ4v) is 3.47. The van der Waals surface area contributed by atoms with E-state index in [-0.39, 0.29) is 5.75 Å². The number of nitrogens with one attached hydrogen (secondary N) is 1. The Morgan fingerprint density at radius 3 is 2.19 bits per heavy atom. The van der Waals surface area contributed by atoms with Crippen molar-refractivity contribution in [3.8, 4) is 11.5 Å².